The van der Waals surface area contributed by atoms with Crippen LogP contribution in [0.2, 0.25) is 0 Å². The van der Waals surface area contributed by atoms with E-state index in [0.29, 0.717) is 50.6 Å². The summed E-state index contributed by atoms with van der Waals surface area (Å²) in [6.45, 7) is 7.34. The van der Waals surface area contributed by atoms with E-state index in [4.69, 9.17) is 10.00 Å². The molecule has 26 heavy (non-hydrogen) atoms. The van der Waals surface area contributed by atoms with Crippen LogP contribution in [-0.2, 0) is 9.59 Å². The number of carbonyl (C=O) groups excluding carboxylic acids is 2. The molecule has 0 spiro atoms. The quantitative estimate of drug-likeness (QED) is 0.786. The third kappa shape index (κ3) is 5.74. The van der Waals surface area contributed by atoms with E-state index in [1.165, 1.54) is 0 Å². The van der Waals surface area contributed by atoms with Gasteiger partial charge in [-0.3, -0.25) is 14.5 Å². The Morgan fingerprint density at radius 2 is 1.88 bits per heavy atom. The zero-order valence-electron chi connectivity index (χ0n) is 15.4. The smallest absolute Gasteiger partial charge is 0.263 e. The maximum Gasteiger partial charge on any atom is 0.263 e. The molecule has 7 nitrogen and oxygen atoms in total. The van der Waals surface area contributed by atoms with Crippen molar-refractivity contribution < 1.29 is 14.3 Å². The van der Waals surface area contributed by atoms with Gasteiger partial charge in [-0.15, -0.1) is 0 Å². The van der Waals surface area contributed by atoms with Crippen LogP contribution in [0.5, 0.6) is 5.75 Å². The van der Waals surface area contributed by atoms with E-state index in [2.05, 4.69) is 10.2 Å². The molecule has 0 aliphatic carbocycles. The molecule has 1 aliphatic heterocycles. The van der Waals surface area contributed by atoms with Gasteiger partial charge in [0.15, 0.2) is 6.10 Å². The molecule has 2 rings (SSSR count). The summed E-state index contributed by atoms with van der Waals surface area (Å²) in [6.07, 6.45) is 0.327. The molecule has 1 N–H and O–H groups in total. The molecule has 0 saturated carbocycles. The highest BCUT2D eigenvalue weighted by molar-refractivity contribution is 5.81. The first-order chi connectivity index (χ1) is 12.5. The first-order valence-corrected chi connectivity index (χ1v) is 8.98. The minimum atomic E-state index is -0.595. The number of benzene rings is 1. The highest BCUT2D eigenvalue weighted by atomic mass is 16.5. The topological polar surface area (TPSA) is 85.7 Å². The zero-order valence-corrected chi connectivity index (χ0v) is 15.4. The maximum atomic E-state index is 12.5. The van der Waals surface area contributed by atoms with Gasteiger partial charge < -0.3 is 15.0 Å². The first-order valence-electron chi connectivity index (χ1n) is 8.98. The van der Waals surface area contributed by atoms with Crippen LogP contribution in [0.4, 0.5) is 0 Å². The lowest BCUT2D eigenvalue weighted by molar-refractivity contribution is -0.139. The molecule has 2 amide bonds. The molecule has 1 aliphatic rings. The molecule has 0 radical (unpaired) electrons. The summed E-state index contributed by atoms with van der Waals surface area (Å²) in [6, 6.07) is 8.75. The number of nitrogens with one attached hydrogen (secondary N) is 1. The Bertz CT molecular complexity index is 646. The lowest BCUT2D eigenvalue weighted by atomic mass is 10.2. The highest BCUT2D eigenvalue weighted by Gasteiger charge is 2.26. The second-order valence-corrected chi connectivity index (χ2v) is 6.35. The number of nitriles is 1. The second-order valence-electron chi connectivity index (χ2n) is 6.35. The van der Waals surface area contributed by atoms with Crippen LogP contribution < -0.4 is 10.1 Å². The van der Waals surface area contributed by atoms with Crippen molar-refractivity contribution in [2.24, 2.45) is 0 Å². The molecule has 1 aromatic rings. The molecule has 1 fully saturated rings. The van der Waals surface area contributed by atoms with Gasteiger partial charge in [0.1, 0.15) is 5.75 Å². The molecule has 0 bridgehead atoms. The predicted molar refractivity (Wildman–Crippen MR) is 97.6 cm³/mol. The van der Waals surface area contributed by atoms with Crippen molar-refractivity contribution in [3.8, 4) is 11.8 Å². The molecule has 0 aromatic heterocycles. The van der Waals surface area contributed by atoms with Crippen LogP contribution in [0, 0.1) is 11.3 Å². The Balaban J connectivity index is 1.77. The van der Waals surface area contributed by atoms with E-state index in [1.807, 2.05) is 13.0 Å². The number of amides is 2. The van der Waals surface area contributed by atoms with Crippen molar-refractivity contribution in [3.63, 3.8) is 0 Å². The van der Waals surface area contributed by atoms with E-state index in [0.717, 1.165) is 6.42 Å². The summed E-state index contributed by atoms with van der Waals surface area (Å²) in [5.41, 5.74) is 0.551. The van der Waals surface area contributed by atoms with Crippen molar-refractivity contribution in [1.29, 1.82) is 5.26 Å². The summed E-state index contributed by atoms with van der Waals surface area (Å²) in [4.78, 5) is 28.1. The molecule has 1 heterocycles. The van der Waals surface area contributed by atoms with Crippen LogP contribution in [0.15, 0.2) is 24.3 Å². The van der Waals surface area contributed by atoms with E-state index in [1.54, 1.807) is 36.1 Å². The van der Waals surface area contributed by atoms with E-state index >= 15 is 0 Å². The van der Waals surface area contributed by atoms with Gasteiger partial charge in [0.05, 0.1) is 18.2 Å². The van der Waals surface area contributed by atoms with Crippen LogP contribution in [-0.4, -0.2) is 67.0 Å². The minimum Gasteiger partial charge on any atom is -0.481 e. The average Bonchev–Trinajstić information content (AvgIpc) is 2.67. The highest BCUT2D eigenvalue weighted by Crippen LogP contribution is 2.15. The Morgan fingerprint density at radius 3 is 2.46 bits per heavy atom. The van der Waals surface area contributed by atoms with E-state index in [-0.39, 0.29) is 11.8 Å². The largest absolute Gasteiger partial charge is 0.481 e. The van der Waals surface area contributed by atoms with Crippen LogP contribution in [0.3, 0.4) is 0 Å². The number of hydrogen-bond acceptors (Lipinski definition) is 5. The minimum absolute atomic E-state index is 0.0316. The normalized spacial score (nSPS) is 15.8. The molecule has 1 saturated heterocycles. The lowest BCUT2D eigenvalue weighted by Gasteiger charge is -2.35. The number of hydrogen-bond donors (Lipinski definition) is 1. The van der Waals surface area contributed by atoms with Gasteiger partial charge in [0.2, 0.25) is 5.91 Å². The standard InChI is InChI=1S/C19H26N4O3/c1-3-8-21-18(24)14-22-9-11-23(12-10-22)19(25)15(2)26-17-6-4-16(13-20)5-7-17/h4-7,15H,3,8-12,14H2,1-2H3,(H,21,24). The maximum absolute atomic E-state index is 12.5. The summed E-state index contributed by atoms with van der Waals surface area (Å²) < 4.78 is 5.69. The molecule has 1 unspecified atom stereocenters. The predicted octanol–water partition coefficient (Wildman–Crippen LogP) is 0.996. The van der Waals surface area contributed by atoms with Crippen LogP contribution >= 0.6 is 0 Å². The van der Waals surface area contributed by atoms with Crippen LogP contribution in [0.25, 0.3) is 0 Å². The Kier molecular flexibility index (Phi) is 7.42. The van der Waals surface area contributed by atoms with Gasteiger partial charge in [0.25, 0.3) is 5.91 Å². The van der Waals surface area contributed by atoms with Gasteiger partial charge in [-0.05, 0) is 37.6 Å². The van der Waals surface area contributed by atoms with Crippen molar-refractivity contribution in [2.45, 2.75) is 26.4 Å². The molecule has 140 valence electrons. The summed E-state index contributed by atoms with van der Waals surface area (Å²) in [5.74, 6) is 0.532. The van der Waals surface area contributed by atoms with Crippen molar-refractivity contribution >= 4 is 11.8 Å². The third-order valence-corrected chi connectivity index (χ3v) is 4.27. The SMILES string of the molecule is CCCNC(=O)CN1CCN(C(=O)C(C)Oc2ccc(C#N)cc2)CC1. The van der Waals surface area contributed by atoms with E-state index < -0.39 is 6.10 Å². The number of rotatable bonds is 7. The second kappa shape index (κ2) is 9.78. The zero-order chi connectivity index (χ0) is 18.9. The Morgan fingerprint density at radius 1 is 1.23 bits per heavy atom. The summed E-state index contributed by atoms with van der Waals surface area (Å²) >= 11 is 0. The summed E-state index contributed by atoms with van der Waals surface area (Å²) in [7, 11) is 0. The van der Waals surface area contributed by atoms with E-state index in [9.17, 15) is 9.59 Å². The van der Waals surface area contributed by atoms with Gasteiger partial charge in [0, 0.05) is 32.7 Å². The number of ether oxygens (including phenoxy) is 1. The number of carbonyl (C=O) groups is 2. The number of piperazine rings is 1. The Hall–Kier alpha value is -2.59. The van der Waals surface area contributed by atoms with Gasteiger partial charge >= 0.3 is 0 Å². The molecular weight excluding hydrogens is 332 g/mol. The molecular formula is C19H26N4O3. The molecule has 7 heteroatoms. The molecule has 1 aromatic carbocycles. The fraction of sp³-hybridized carbons (Fsp3) is 0.526. The van der Waals surface area contributed by atoms with Gasteiger partial charge in [-0.1, -0.05) is 6.92 Å². The van der Waals surface area contributed by atoms with Gasteiger partial charge in [-0.2, -0.15) is 5.26 Å². The van der Waals surface area contributed by atoms with Crippen molar-refractivity contribution in [1.82, 2.24) is 15.1 Å². The fourth-order valence-electron chi connectivity index (χ4n) is 2.77. The van der Waals surface area contributed by atoms with Crippen molar-refractivity contribution in [3.05, 3.63) is 29.8 Å². The third-order valence-electron chi connectivity index (χ3n) is 4.27. The summed E-state index contributed by atoms with van der Waals surface area (Å²) in [5, 5.41) is 11.7. The fourth-order valence-corrected chi connectivity index (χ4v) is 2.77. The molecule has 1 atom stereocenters. The lowest BCUT2D eigenvalue weighted by Crippen LogP contribution is -2.53. The monoisotopic (exact) mass is 358 g/mol. The Labute approximate surface area is 154 Å². The first kappa shape index (κ1) is 19.7. The van der Waals surface area contributed by atoms with Gasteiger partial charge in [-0.25, -0.2) is 0 Å². The number of nitrogens with zero attached hydrogens (tertiary/aromatic N) is 3. The average molecular weight is 358 g/mol. The van der Waals surface area contributed by atoms with Crippen LogP contribution in [0.1, 0.15) is 25.8 Å². The van der Waals surface area contributed by atoms with Crippen molar-refractivity contribution in [2.75, 3.05) is 39.3 Å².